The lowest BCUT2D eigenvalue weighted by Gasteiger charge is -2.18. The van der Waals surface area contributed by atoms with Gasteiger partial charge in [-0.1, -0.05) is 30.3 Å². The van der Waals surface area contributed by atoms with Crippen molar-refractivity contribution in [1.29, 1.82) is 0 Å². The van der Waals surface area contributed by atoms with E-state index in [-0.39, 0.29) is 5.91 Å². The zero-order valence-electron chi connectivity index (χ0n) is 11.3. The Kier molecular flexibility index (Phi) is 3.72. The number of carbonyl (C=O) groups is 1. The molecule has 15 heavy (non-hydrogen) atoms. The second-order valence-corrected chi connectivity index (χ2v) is 3.25. The first-order valence-electron chi connectivity index (χ1n) is 6.45. The Morgan fingerprint density at radius 3 is 2.40 bits per heavy atom. The first-order valence-corrected chi connectivity index (χ1v) is 5.30. The van der Waals surface area contributed by atoms with Crippen molar-refractivity contribution in [2.45, 2.75) is 26.6 Å². The van der Waals surface area contributed by atoms with Gasteiger partial charge in [-0.15, -0.1) is 0 Å². The van der Waals surface area contributed by atoms with Crippen LogP contribution in [0.2, 0.25) is 0 Å². The molecule has 0 aromatic heterocycles. The van der Waals surface area contributed by atoms with Gasteiger partial charge < -0.3 is 4.90 Å². The molecule has 0 spiro atoms. The second kappa shape index (κ2) is 6.23. The van der Waals surface area contributed by atoms with Crippen molar-refractivity contribution in [3.8, 4) is 0 Å². The van der Waals surface area contributed by atoms with Gasteiger partial charge >= 0.3 is 0 Å². The molecule has 1 rings (SSSR count). The SMILES string of the molecule is [2H]C(C(=O)N(CC)CC)C([2H])c1ccccc1. The lowest BCUT2D eigenvalue weighted by molar-refractivity contribution is -0.130. The standard InChI is InChI=1S/C13H19NO/c1-3-14(4-2)13(15)11-10-12-8-6-5-7-9-12/h5-9H,3-4,10-11H2,1-2H3/i10D,11D. The minimum Gasteiger partial charge on any atom is -0.343 e. The lowest BCUT2D eigenvalue weighted by Crippen LogP contribution is -2.30. The Bertz CT molecular complexity index is 352. The molecule has 0 aliphatic rings. The van der Waals surface area contributed by atoms with Gasteiger partial charge in [-0.3, -0.25) is 4.79 Å². The molecule has 0 N–H and O–H groups in total. The summed E-state index contributed by atoms with van der Waals surface area (Å²) < 4.78 is 15.8. The van der Waals surface area contributed by atoms with Crippen LogP contribution >= 0.6 is 0 Å². The maximum absolute atomic E-state index is 11.9. The summed E-state index contributed by atoms with van der Waals surface area (Å²) in [5.74, 6) is -0.265. The van der Waals surface area contributed by atoms with Crippen LogP contribution in [-0.2, 0) is 11.2 Å². The zero-order valence-corrected chi connectivity index (χ0v) is 9.31. The summed E-state index contributed by atoms with van der Waals surface area (Å²) in [6, 6.07) is 9.09. The molecule has 2 nitrogen and oxygen atoms in total. The third kappa shape index (κ3) is 3.74. The molecule has 0 saturated heterocycles. The summed E-state index contributed by atoms with van der Waals surface area (Å²) in [7, 11) is 0. The number of benzene rings is 1. The quantitative estimate of drug-likeness (QED) is 0.726. The minimum absolute atomic E-state index is 0.265. The van der Waals surface area contributed by atoms with E-state index in [0.717, 1.165) is 0 Å². The number of amides is 1. The van der Waals surface area contributed by atoms with E-state index in [1.807, 2.05) is 32.0 Å². The number of aryl methyl sites for hydroxylation is 1. The van der Waals surface area contributed by atoms with Crippen LogP contribution in [0, 0.1) is 0 Å². The zero-order chi connectivity index (χ0) is 12.8. The fourth-order valence-corrected chi connectivity index (χ4v) is 1.37. The summed E-state index contributed by atoms with van der Waals surface area (Å²) in [4.78, 5) is 13.5. The normalized spacial score (nSPS) is 16.1. The highest BCUT2D eigenvalue weighted by atomic mass is 16.2. The van der Waals surface area contributed by atoms with Crippen molar-refractivity contribution >= 4 is 5.91 Å². The van der Waals surface area contributed by atoms with Crippen LogP contribution in [0.5, 0.6) is 0 Å². The predicted molar refractivity (Wildman–Crippen MR) is 62.7 cm³/mol. The third-order valence-corrected chi connectivity index (χ3v) is 2.29. The summed E-state index contributed by atoms with van der Waals surface area (Å²) in [6.45, 7) is 4.95. The fourth-order valence-electron chi connectivity index (χ4n) is 1.37. The Morgan fingerprint density at radius 1 is 1.27 bits per heavy atom. The number of hydrogen-bond donors (Lipinski definition) is 0. The summed E-state index contributed by atoms with van der Waals surface area (Å²) >= 11 is 0. The molecule has 0 aliphatic carbocycles. The number of carbonyl (C=O) groups excluding carboxylic acids is 1. The van der Waals surface area contributed by atoms with Gasteiger partial charge in [0, 0.05) is 22.2 Å². The van der Waals surface area contributed by atoms with Crippen molar-refractivity contribution in [3.05, 3.63) is 35.9 Å². The van der Waals surface area contributed by atoms with Crippen LogP contribution in [-0.4, -0.2) is 23.9 Å². The largest absolute Gasteiger partial charge is 0.343 e. The molecule has 2 atom stereocenters. The van der Waals surface area contributed by atoms with E-state index in [9.17, 15) is 4.79 Å². The third-order valence-electron chi connectivity index (χ3n) is 2.29. The van der Waals surface area contributed by atoms with Gasteiger partial charge in [0.1, 0.15) is 0 Å². The van der Waals surface area contributed by atoms with Gasteiger partial charge in [0.25, 0.3) is 0 Å². The number of rotatable bonds is 5. The van der Waals surface area contributed by atoms with E-state index < -0.39 is 12.8 Å². The molecule has 82 valence electrons. The molecular weight excluding hydrogens is 186 g/mol. The molecule has 1 amide bonds. The number of nitrogens with zero attached hydrogens (tertiary/aromatic N) is 1. The fraction of sp³-hybridized carbons (Fsp3) is 0.462. The van der Waals surface area contributed by atoms with Crippen LogP contribution in [0.15, 0.2) is 30.3 Å². The minimum atomic E-state index is -1.04. The van der Waals surface area contributed by atoms with Crippen molar-refractivity contribution in [2.24, 2.45) is 0 Å². The van der Waals surface area contributed by atoms with E-state index >= 15 is 0 Å². The summed E-state index contributed by atoms with van der Waals surface area (Å²) in [5.41, 5.74) is 0.716. The van der Waals surface area contributed by atoms with Crippen molar-refractivity contribution < 1.29 is 7.54 Å². The van der Waals surface area contributed by atoms with Crippen LogP contribution < -0.4 is 0 Å². The van der Waals surface area contributed by atoms with E-state index in [0.29, 0.717) is 18.7 Å². The Morgan fingerprint density at radius 2 is 1.87 bits per heavy atom. The maximum Gasteiger partial charge on any atom is 0.222 e. The number of hydrogen-bond acceptors (Lipinski definition) is 1. The van der Waals surface area contributed by atoms with Crippen LogP contribution in [0.4, 0.5) is 0 Å². The molecule has 2 unspecified atom stereocenters. The molecule has 0 aliphatic heterocycles. The Labute approximate surface area is 94.7 Å². The monoisotopic (exact) mass is 207 g/mol. The molecule has 0 radical (unpaired) electrons. The highest BCUT2D eigenvalue weighted by Crippen LogP contribution is 2.04. The molecule has 2 heteroatoms. The first kappa shape index (κ1) is 8.96. The van der Waals surface area contributed by atoms with Gasteiger partial charge in [0.15, 0.2) is 0 Å². The van der Waals surface area contributed by atoms with Gasteiger partial charge in [-0.2, -0.15) is 0 Å². The highest BCUT2D eigenvalue weighted by Gasteiger charge is 2.08. The second-order valence-electron chi connectivity index (χ2n) is 3.25. The van der Waals surface area contributed by atoms with Crippen LogP contribution in [0.1, 0.15) is 28.5 Å². The first-order chi connectivity index (χ1) is 8.11. The van der Waals surface area contributed by atoms with E-state index in [2.05, 4.69) is 0 Å². The molecular formula is C13H19NO. The Hall–Kier alpha value is -1.31. The highest BCUT2D eigenvalue weighted by molar-refractivity contribution is 5.76. The summed E-state index contributed by atoms with van der Waals surface area (Å²) in [6.07, 6.45) is -1.86. The lowest BCUT2D eigenvalue weighted by atomic mass is 10.1. The predicted octanol–water partition coefficient (Wildman–Crippen LogP) is 2.49. The molecule has 0 heterocycles. The molecule has 0 saturated carbocycles. The van der Waals surface area contributed by atoms with Crippen LogP contribution in [0.25, 0.3) is 0 Å². The van der Waals surface area contributed by atoms with Crippen molar-refractivity contribution in [1.82, 2.24) is 4.90 Å². The van der Waals surface area contributed by atoms with Crippen molar-refractivity contribution in [2.75, 3.05) is 13.1 Å². The maximum atomic E-state index is 11.9. The van der Waals surface area contributed by atoms with E-state index in [1.54, 1.807) is 17.0 Å². The summed E-state index contributed by atoms with van der Waals surface area (Å²) in [5, 5.41) is 0. The molecule has 0 fully saturated rings. The molecule has 0 bridgehead atoms. The average molecular weight is 207 g/mol. The average Bonchev–Trinajstić information content (AvgIpc) is 2.39. The van der Waals surface area contributed by atoms with E-state index in [4.69, 9.17) is 2.74 Å². The van der Waals surface area contributed by atoms with Gasteiger partial charge in [-0.05, 0) is 25.8 Å². The van der Waals surface area contributed by atoms with Crippen molar-refractivity contribution in [3.63, 3.8) is 0 Å². The topological polar surface area (TPSA) is 20.3 Å². The molecule has 1 aromatic rings. The van der Waals surface area contributed by atoms with Gasteiger partial charge in [0.2, 0.25) is 5.91 Å². The van der Waals surface area contributed by atoms with Crippen LogP contribution in [0.3, 0.4) is 0 Å². The smallest absolute Gasteiger partial charge is 0.222 e. The molecule has 1 aromatic carbocycles. The van der Waals surface area contributed by atoms with Gasteiger partial charge in [-0.25, -0.2) is 0 Å². The Balaban J connectivity index is 2.76. The van der Waals surface area contributed by atoms with Gasteiger partial charge in [0.05, 0.1) is 0 Å². The van der Waals surface area contributed by atoms with E-state index in [1.165, 1.54) is 0 Å².